The molecule has 3 N–H and O–H groups in total. The largest absolute Gasteiger partial charge is 0.392 e. The maximum atomic E-state index is 11.1. The predicted molar refractivity (Wildman–Crippen MR) is 94.2 cm³/mol. The zero-order valence-corrected chi connectivity index (χ0v) is 13.4. The van der Waals surface area contributed by atoms with Gasteiger partial charge in [0.1, 0.15) is 5.69 Å². The van der Waals surface area contributed by atoms with E-state index in [-0.39, 0.29) is 17.2 Å². The van der Waals surface area contributed by atoms with E-state index in [2.05, 4.69) is 10.3 Å². The second-order valence-electron chi connectivity index (χ2n) is 5.81. The maximum absolute atomic E-state index is 11.1. The number of nitrogens with zero attached hydrogens (tertiary/aromatic N) is 1. The van der Waals surface area contributed by atoms with Gasteiger partial charge in [-0.15, -0.1) is 0 Å². The molecule has 0 bridgehead atoms. The summed E-state index contributed by atoms with van der Waals surface area (Å²) < 4.78 is 0. The monoisotopic (exact) mass is 325 g/mol. The first-order valence-electron chi connectivity index (χ1n) is 7.77. The van der Waals surface area contributed by atoms with Crippen LogP contribution in [-0.4, -0.2) is 21.6 Å². The number of hydrogen-bond acceptors (Lipinski definition) is 4. The highest BCUT2D eigenvalue weighted by molar-refractivity contribution is 5.84. The molecule has 0 unspecified atom stereocenters. The van der Waals surface area contributed by atoms with Crippen LogP contribution in [0.5, 0.6) is 0 Å². The van der Waals surface area contributed by atoms with E-state index in [9.17, 15) is 15.2 Å². The molecule has 2 aromatic carbocycles. The van der Waals surface area contributed by atoms with Crippen molar-refractivity contribution in [3.05, 3.63) is 69.4 Å². The minimum absolute atomic E-state index is 0.00830. The van der Waals surface area contributed by atoms with Crippen LogP contribution >= 0.6 is 0 Å². The Morgan fingerprint density at radius 3 is 2.83 bits per heavy atom. The van der Waals surface area contributed by atoms with Gasteiger partial charge in [-0.3, -0.25) is 10.1 Å². The van der Waals surface area contributed by atoms with Crippen molar-refractivity contribution in [3.63, 3.8) is 0 Å². The zero-order chi connectivity index (χ0) is 17.1. The third kappa shape index (κ3) is 3.23. The molecule has 0 aliphatic carbocycles. The molecule has 0 atom stereocenters. The predicted octanol–water partition coefficient (Wildman–Crippen LogP) is 3.53. The Morgan fingerprint density at radius 2 is 2.08 bits per heavy atom. The summed E-state index contributed by atoms with van der Waals surface area (Å²) in [7, 11) is 0. The maximum Gasteiger partial charge on any atom is 0.292 e. The van der Waals surface area contributed by atoms with E-state index in [1.54, 1.807) is 12.1 Å². The number of aliphatic hydroxyl groups is 1. The minimum atomic E-state index is -0.367. The van der Waals surface area contributed by atoms with Gasteiger partial charge in [0.25, 0.3) is 5.69 Å². The summed E-state index contributed by atoms with van der Waals surface area (Å²) in [4.78, 5) is 14.0. The lowest BCUT2D eigenvalue weighted by molar-refractivity contribution is -0.384. The van der Waals surface area contributed by atoms with Crippen LogP contribution in [0.15, 0.2) is 42.6 Å². The molecule has 0 amide bonds. The van der Waals surface area contributed by atoms with Gasteiger partial charge in [0, 0.05) is 29.7 Å². The fraction of sp³-hybridized carbons (Fsp3) is 0.222. The second-order valence-corrected chi connectivity index (χ2v) is 5.81. The van der Waals surface area contributed by atoms with E-state index in [0.29, 0.717) is 12.2 Å². The molecule has 24 heavy (non-hydrogen) atoms. The van der Waals surface area contributed by atoms with Crippen molar-refractivity contribution in [2.45, 2.75) is 20.0 Å². The fourth-order valence-corrected chi connectivity index (χ4v) is 2.80. The van der Waals surface area contributed by atoms with Crippen LogP contribution in [0.3, 0.4) is 0 Å². The normalized spacial score (nSPS) is 10.9. The molecule has 0 saturated carbocycles. The van der Waals surface area contributed by atoms with Crippen molar-refractivity contribution in [2.75, 3.05) is 11.9 Å². The summed E-state index contributed by atoms with van der Waals surface area (Å²) in [6, 6.07) is 11.0. The highest BCUT2D eigenvalue weighted by atomic mass is 16.6. The van der Waals surface area contributed by atoms with E-state index in [1.165, 1.54) is 0 Å². The molecule has 1 aromatic heterocycles. The van der Waals surface area contributed by atoms with E-state index >= 15 is 0 Å². The molecule has 3 rings (SSSR count). The first kappa shape index (κ1) is 16.0. The summed E-state index contributed by atoms with van der Waals surface area (Å²) in [5.41, 5.74) is 4.48. The van der Waals surface area contributed by atoms with Gasteiger partial charge in [0.2, 0.25) is 0 Å². The van der Waals surface area contributed by atoms with Gasteiger partial charge in [0.15, 0.2) is 0 Å². The summed E-state index contributed by atoms with van der Waals surface area (Å²) in [6.07, 6.45) is 2.66. The lowest BCUT2D eigenvalue weighted by atomic mass is 10.1. The number of rotatable bonds is 6. The number of anilines is 1. The van der Waals surface area contributed by atoms with Crippen LogP contribution in [0.4, 0.5) is 11.4 Å². The fourth-order valence-electron chi connectivity index (χ4n) is 2.80. The molecule has 124 valence electrons. The average molecular weight is 325 g/mol. The van der Waals surface area contributed by atoms with E-state index in [1.807, 2.05) is 37.4 Å². The first-order chi connectivity index (χ1) is 11.6. The van der Waals surface area contributed by atoms with Gasteiger partial charge in [-0.2, -0.15) is 0 Å². The van der Waals surface area contributed by atoms with E-state index in [0.717, 1.165) is 34.0 Å². The number of aromatic nitrogens is 1. The first-order valence-corrected chi connectivity index (χ1v) is 7.77. The lowest BCUT2D eigenvalue weighted by Gasteiger charge is -2.07. The molecule has 3 aromatic rings. The zero-order valence-electron chi connectivity index (χ0n) is 13.4. The van der Waals surface area contributed by atoms with Crippen molar-refractivity contribution >= 4 is 22.3 Å². The molecule has 0 aliphatic rings. The Morgan fingerprint density at radius 1 is 1.25 bits per heavy atom. The van der Waals surface area contributed by atoms with Crippen LogP contribution in [0.2, 0.25) is 0 Å². The number of aliphatic hydroxyl groups excluding tert-OH is 1. The number of nitrogens with one attached hydrogen (secondary N) is 2. The van der Waals surface area contributed by atoms with Gasteiger partial charge in [-0.05, 0) is 48.2 Å². The van der Waals surface area contributed by atoms with Gasteiger partial charge in [-0.25, -0.2) is 0 Å². The summed E-state index contributed by atoms with van der Waals surface area (Å²) in [5.74, 6) is 0. The molecule has 1 heterocycles. The highest BCUT2D eigenvalue weighted by Crippen LogP contribution is 2.26. The van der Waals surface area contributed by atoms with Gasteiger partial charge in [0.05, 0.1) is 11.5 Å². The van der Waals surface area contributed by atoms with Crippen molar-refractivity contribution in [2.24, 2.45) is 0 Å². The van der Waals surface area contributed by atoms with Gasteiger partial charge >= 0.3 is 0 Å². The number of fused-ring (bicyclic) bond motifs is 1. The number of hydrogen-bond donors (Lipinski definition) is 3. The van der Waals surface area contributed by atoms with E-state index < -0.39 is 0 Å². The van der Waals surface area contributed by atoms with Crippen molar-refractivity contribution in [1.82, 2.24) is 4.98 Å². The van der Waals surface area contributed by atoms with Crippen molar-refractivity contribution in [1.29, 1.82) is 0 Å². The third-order valence-electron chi connectivity index (χ3n) is 4.07. The number of nitro benzene ring substituents is 1. The second kappa shape index (κ2) is 6.72. The number of benzene rings is 2. The van der Waals surface area contributed by atoms with Crippen LogP contribution < -0.4 is 5.32 Å². The highest BCUT2D eigenvalue weighted by Gasteiger charge is 2.13. The van der Waals surface area contributed by atoms with E-state index in [4.69, 9.17) is 0 Å². The molecule has 0 saturated heterocycles. The summed E-state index contributed by atoms with van der Waals surface area (Å²) in [6.45, 7) is 2.43. The van der Waals surface area contributed by atoms with Crippen LogP contribution in [0, 0.1) is 17.0 Å². The molecule has 0 fully saturated rings. The topological polar surface area (TPSA) is 91.2 Å². The van der Waals surface area contributed by atoms with Crippen LogP contribution in [0.25, 0.3) is 10.9 Å². The third-order valence-corrected chi connectivity index (χ3v) is 4.07. The molecule has 0 spiro atoms. The standard InChI is InChI=1S/C18H19N3O3/c1-12-2-4-17(18(8-12)21(23)24)19-7-6-14-10-20-16-5-3-13(11-22)9-15(14)16/h2-5,8-10,19-20,22H,6-7,11H2,1H3. The number of aryl methyl sites for hydroxylation is 1. The van der Waals surface area contributed by atoms with Crippen LogP contribution in [0.1, 0.15) is 16.7 Å². The quantitative estimate of drug-likeness (QED) is 0.477. The Balaban J connectivity index is 1.74. The lowest BCUT2D eigenvalue weighted by Crippen LogP contribution is -2.07. The summed E-state index contributed by atoms with van der Waals surface area (Å²) >= 11 is 0. The van der Waals surface area contributed by atoms with Gasteiger partial charge < -0.3 is 15.4 Å². The molecule has 0 radical (unpaired) electrons. The van der Waals surface area contributed by atoms with Gasteiger partial charge in [-0.1, -0.05) is 12.1 Å². The molecule has 0 aliphatic heterocycles. The number of aromatic amines is 1. The van der Waals surface area contributed by atoms with Crippen molar-refractivity contribution < 1.29 is 10.0 Å². The van der Waals surface area contributed by atoms with Crippen LogP contribution in [-0.2, 0) is 13.0 Å². The minimum Gasteiger partial charge on any atom is -0.392 e. The SMILES string of the molecule is Cc1ccc(NCCc2c[nH]c3ccc(CO)cc23)c([N+](=O)[O-])c1. The smallest absolute Gasteiger partial charge is 0.292 e. The summed E-state index contributed by atoms with van der Waals surface area (Å²) in [5, 5.41) is 24.6. The Bertz CT molecular complexity index is 886. The van der Waals surface area contributed by atoms with Crippen molar-refractivity contribution in [3.8, 4) is 0 Å². The molecule has 6 heteroatoms. The Hall–Kier alpha value is -2.86. The molecular formula is C18H19N3O3. The Labute approximate surface area is 139 Å². The number of nitro groups is 1. The number of H-pyrrole nitrogens is 1. The average Bonchev–Trinajstić information content (AvgIpc) is 2.98. The molecule has 6 nitrogen and oxygen atoms in total. The molecular weight excluding hydrogens is 306 g/mol. The Kier molecular flexibility index (Phi) is 4.48.